The van der Waals surface area contributed by atoms with Gasteiger partial charge in [-0.25, -0.2) is 13.1 Å². The minimum atomic E-state index is -3.52. The van der Waals surface area contributed by atoms with Crippen LogP contribution >= 0.6 is 0 Å². The first-order chi connectivity index (χ1) is 11.4. The minimum Gasteiger partial charge on any atom is -0.494 e. The molecule has 0 fully saturated rings. The molecule has 0 radical (unpaired) electrons. The van der Waals surface area contributed by atoms with Gasteiger partial charge in [0.05, 0.1) is 11.5 Å². The topological polar surface area (TPSA) is 55.4 Å². The Hall–Kier alpha value is -1.85. The Morgan fingerprint density at radius 2 is 1.83 bits per heavy atom. The highest BCUT2D eigenvalue weighted by atomic mass is 32.2. The van der Waals surface area contributed by atoms with Gasteiger partial charge in [0, 0.05) is 6.04 Å². The monoisotopic (exact) mass is 347 g/mol. The summed E-state index contributed by atoms with van der Waals surface area (Å²) in [6.45, 7) is 6.20. The zero-order valence-electron chi connectivity index (χ0n) is 14.5. The molecule has 0 aliphatic rings. The zero-order chi connectivity index (χ0) is 17.6. The third kappa shape index (κ3) is 5.08. The highest BCUT2D eigenvalue weighted by Crippen LogP contribution is 2.22. The van der Waals surface area contributed by atoms with E-state index in [4.69, 9.17) is 4.74 Å². The molecule has 5 heteroatoms. The Kier molecular flexibility index (Phi) is 6.40. The minimum absolute atomic E-state index is 0.137. The van der Waals surface area contributed by atoms with E-state index in [-0.39, 0.29) is 10.9 Å². The lowest BCUT2D eigenvalue weighted by Crippen LogP contribution is -2.33. The molecule has 1 atom stereocenters. The molecule has 0 spiro atoms. The van der Waals surface area contributed by atoms with Gasteiger partial charge in [0.1, 0.15) is 5.75 Å². The van der Waals surface area contributed by atoms with Crippen LogP contribution in [-0.4, -0.2) is 21.1 Å². The lowest BCUT2D eigenvalue weighted by Gasteiger charge is -2.15. The SMILES string of the molecule is CCOc1ccc(S(=O)(=O)N[C@@H](C)CCc2ccccc2)cc1C. The fourth-order valence-electron chi connectivity index (χ4n) is 2.53. The Bertz CT molecular complexity index is 757. The van der Waals surface area contributed by atoms with Crippen molar-refractivity contribution in [2.75, 3.05) is 6.61 Å². The van der Waals surface area contributed by atoms with Gasteiger partial charge in [-0.05, 0) is 62.9 Å². The van der Waals surface area contributed by atoms with E-state index in [0.717, 1.165) is 18.4 Å². The largest absolute Gasteiger partial charge is 0.494 e. The number of nitrogens with one attached hydrogen (secondary N) is 1. The maximum atomic E-state index is 12.5. The molecule has 130 valence electrons. The number of rotatable bonds is 8. The van der Waals surface area contributed by atoms with Gasteiger partial charge in [-0.1, -0.05) is 30.3 Å². The molecule has 2 aromatic rings. The molecule has 0 heterocycles. The van der Waals surface area contributed by atoms with Crippen LogP contribution in [0.5, 0.6) is 5.75 Å². The summed E-state index contributed by atoms with van der Waals surface area (Å²) in [5, 5.41) is 0. The third-order valence-electron chi connectivity index (χ3n) is 3.82. The van der Waals surface area contributed by atoms with Crippen molar-refractivity contribution in [2.45, 2.75) is 44.6 Å². The second kappa shape index (κ2) is 8.31. The maximum absolute atomic E-state index is 12.5. The lowest BCUT2D eigenvalue weighted by atomic mass is 10.1. The molecule has 24 heavy (non-hydrogen) atoms. The molecule has 2 aromatic carbocycles. The standard InChI is InChI=1S/C19H25NO3S/c1-4-23-19-13-12-18(14-15(19)2)24(21,22)20-16(3)10-11-17-8-6-5-7-9-17/h5-9,12-14,16,20H,4,10-11H2,1-3H3/t16-/m0/s1. The first kappa shape index (κ1) is 18.5. The average Bonchev–Trinajstić information content (AvgIpc) is 2.55. The van der Waals surface area contributed by atoms with E-state index in [2.05, 4.69) is 16.9 Å². The summed E-state index contributed by atoms with van der Waals surface area (Å²) in [6, 6.07) is 14.9. The van der Waals surface area contributed by atoms with Gasteiger partial charge in [-0.2, -0.15) is 0 Å². The summed E-state index contributed by atoms with van der Waals surface area (Å²) in [6.07, 6.45) is 1.59. The van der Waals surface area contributed by atoms with Crippen molar-refractivity contribution in [1.29, 1.82) is 0 Å². The van der Waals surface area contributed by atoms with Gasteiger partial charge in [-0.15, -0.1) is 0 Å². The quantitative estimate of drug-likeness (QED) is 0.792. The van der Waals surface area contributed by atoms with Crippen LogP contribution in [0.3, 0.4) is 0 Å². The van der Waals surface area contributed by atoms with E-state index in [1.165, 1.54) is 5.56 Å². The molecular weight excluding hydrogens is 322 g/mol. The van der Waals surface area contributed by atoms with Crippen molar-refractivity contribution < 1.29 is 13.2 Å². The smallest absolute Gasteiger partial charge is 0.240 e. The molecular formula is C19H25NO3S. The number of ether oxygens (including phenoxy) is 1. The molecule has 0 amide bonds. The predicted octanol–water partition coefficient (Wildman–Crippen LogP) is 3.69. The van der Waals surface area contributed by atoms with Crippen molar-refractivity contribution in [2.24, 2.45) is 0 Å². The van der Waals surface area contributed by atoms with Gasteiger partial charge < -0.3 is 4.74 Å². The highest BCUT2D eigenvalue weighted by Gasteiger charge is 2.18. The van der Waals surface area contributed by atoms with E-state index in [0.29, 0.717) is 12.4 Å². The van der Waals surface area contributed by atoms with Crippen LogP contribution in [-0.2, 0) is 16.4 Å². The van der Waals surface area contributed by atoms with Crippen molar-refractivity contribution in [3.63, 3.8) is 0 Å². The van der Waals surface area contributed by atoms with E-state index in [9.17, 15) is 8.42 Å². The number of benzene rings is 2. The van der Waals surface area contributed by atoms with Crippen LogP contribution in [0.2, 0.25) is 0 Å². The first-order valence-electron chi connectivity index (χ1n) is 8.22. The Balaban J connectivity index is 2.01. The molecule has 0 aliphatic heterocycles. The molecule has 4 nitrogen and oxygen atoms in total. The van der Waals surface area contributed by atoms with Crippen LogP contribution < -0.4 is 9.46 Å². The number of hydrogen-bond donors (Lipinski definition) is 1. The maximum Gasteiger partial charge on any atom is 0.240 e. The van der Waals surface area contributed by atoms with Crippen molar-refractivity contribution >= 4 is 10.0 Å². The van der Waals surface area contributed by atoms with Crippen LogP contribution in [0, 0.1) is 6.92 Å². The summed E-state index contributed by atoms with van der Waals surface area (Å²) in [5.41, 5.74) is 2.03. The van der Waals surface area contributed by atoms with E-state index in [1.54, 1.807) is 18.2 Å². The fourth-order valence-corrected chi connectivity index (χ4v) is 3.89. The van der Waals surface area contributed by atoms with Crippen LogP contribution in [0.25, 0.3) is 0 Å². The lowest BCUT2D eigenvalue weighted by molar-refractivity contribution is 0.337. The number of aryl methyl sites for hydroxylation is 2. The second-order valence-electron chi connectivity index (χ2n) is 5.91. The van der Waals surface area contributed by atoms with E-state index < -0.39 is 10.0 Å². The average molecular weight is 347 g/mol. The van der Waals surface area contributed by atoms with E-state index in [1.807, 2.05) is 39.0 Å². The van der Waals surface area contributed by atoms with Gasteiger partial charge in [0.2, 0.25) is 10.0 Å². The third-order valence-corrected chi connectivity index (χ3v) is 5.41. The van der Waals surface area contributed by atoms with Gasteiger partial charge in [0.25, 0.3) is 0 Å². The van der Waals surface area contributed by atoms with Crippen molar-refractivity contribution in [1.82, 2.24) is 4.72 Å². The second-order valence-corrected chi connectivity index (χ2v) is 7.62. The summed E-state index contributed by atoms with van der Waals surface area (Å²) in [4.78, 5) is 0.273. The van der Waals surface area contributed by atoms with Crippen molar-refractivity contribution in [3.05, 3.63) is 59.7 Å². The molecule has 0 aliphatic carbocycles. The highest BCUT2D eigenvalue weighted by molar-refractivity contribution is 7.89. The van der Waals surface area contributed by atoms with Crippen molar-refractivity contribution in [3.8, 4) is 5.75 Å². The fraction of sp³-hybridized carbons (Fsp3) is 0.368. The normalized spacial score (nSPS) is 12.8. The Morgan fingerprint density at radius 1 is 1.12 bits per heavy atom. The van der Waals surface area contributed by atoms with Gasteiger partial charge in [0.15, 0.2) is 0 Å². The first-order valence-corrected chi connectivity index (χ1v) is 9.70. The Morgan fingerprint density at radius 3 is 2.46 bits per heavy atom. The molecule has 2 rings (SSSR count). The van der Waals surface area contributed by atoms with Crippen LogP contribution in [0.1, 0.15) is 31.4 Å². The van der Waals surface area contributed by atoms with Crippen LogP contribution in [0.15, 0.2) is 53.4 Å². The number of hydrogen-bond acceptors (Lipinski definition) is 3. The summed E-state index contributed by atoms with van der Waals surface area (Å²) in [5.74, 6) is 0.716. The van der Waals surface area contributed by atoms with Gasteiger partial charge >= 0.3 is 0 Å². The molecule has 0 saturated heterocycles. The van der Waals surface area contributed by atoms with Crippen LogP contribution in [0.4, 0.5) is 0 Å². The summed E-state index contributed by atoms with van der Waals surface area (Å²) < 4.78 is 33.3. The predicted molar refractivity (Wildman–Crippen MR) is 96.9 cm³/mol. The summed E-state index contributed by atoms with van der Waals surface area (Å²) in [7, 11) is -3.52. The van der Waals surface area contributed by atoms with E-state index >= 15 is 0 Å². The molecule has 0 aromatic heterocycles. The number of sulfonamides is 1. The zero-order valence-corrected chi connectivity index (χ0v) is 15.3. The molecule has 0 unspecified atom stereocenters. The molecule has 0 saturated carbocycles. The molecule has 1 N–H and O–H groups in total. The summed E-state index contributed by atoms with van der Waals surface area (Å²) >= 11 is 0. The van der Waals surface area contributed by atoms with Gasteiger partial charge in [-0.3, -0.25) is 0 Å². The Labute approximate surface area is 144 Å². The molecule has 0 bridgehead atoms.